The number of carbonyl (C=O) groups is 1. The van der Waals surface area contributed by atoms with Crippen LogP contribution >= 0.6 is 0 Å². The molecule has 1 aromatic carbocycles. The lowest BCUT2D eigenvalue weighted by molar-refractivity contribution is -0.158. The molecule has 1 aliphatic rings. The van der Waals surface area contributed by atoms with Gasteiger partial charge in [-0.05, 0) is 42.2 Å². The van der Waals surface area contributed by atoms with Crippen molar-refractivity contribution in [2.24, 2.45) is 5.92 Å². The predicted molar refractivity (Wildman–Crippen MR) is 129 cm³/mol. The summed E-state index contributed by atoms with van der Waals surface area (Å²) in [4.78, 5) is 40.0. The normalized spacial score (nSPS) is 14.4. The minimum atomic E-state index is -4.86. The van der Waals surface area contributed by atoms with Crippen LogP contribution in [0.5, 0.6) is 5.88 Å². The van der Waals surface area contributed by atoms with Crippen molar-refractivity contribution in [3.8, 4) is 11.6 Å². The third-order valence-corrected chi connectivity index (χ3v) is 6.45. The smallest absolute Gasteiger partial charge is 0.340 e. The third kappa shape index (κ3) is 4.75. The van der Waals surface area contributed by atoms with E-state index >= 15 is 4.39 Å². The summed E-state index contributed by atoms with van der Waals surface area (Å²) in [5.74, 6) is -9.06. The van der Waals surface area contributed by atoms with Crippen LogP contribution in [-0.4, -0.2) is 47.8 Å². The van der Waals surface area contributed by atoms with E-state index in [0.717, 1.165) is 0 Å². The number of nitrogens with zero attached hydrogens (tertiary/aromatic N) is 6. The number of amides is 1. The Kier molecular flexibility index (Phi) is 6.31. The van der Waals surface area contributed by atoms with Gasteiger partial charge in [-0.25, -0.2) is 22.5 Å². The number of hydrogen-bond donors (Lipinski definition) is 1. The molecule has 6 rings (SSSR count). The van der Waals surface area contributed by atoms with Crippen molar-refractivity contribution in [2.75, 3.05) is 0 Å². The van der Waals surface area contributed by atoms with Gasteiger partial charge in [0, 0.05) is 24.5 Å². The fourth-order valence-corrected chi connectivity index (χ4v) is 4.37. The maximum atomic E-state index is 15.2. The Hall–Kier alpha value is -5.09. The highest BCUT2D eigenvalue weighted by Crippen LogP contribution is 2.40. The summed E-state index contributed by atoms with van der Waals surface area (Å²) in [7, 11) is 0. The van der Waals surface area contributed by atoms with Gasteiger partial charge in [0.15, 0.2) is 23.1 Å². The van der Waals surface area contributed by atoms with E-state index in [9.17, 15) is 35.9 Å². The zero-order valence-corrected chi connectivity index (χ0v) is 20.7. The van der Waals surface area contributed by atoms with Gasteiger partial charge >= 0.3 is 6.18 Å². The van der Waals surface area contributed by atoms with Crippen molar-refractivity contribution in [2.45, 2.75) is 25.1 Å². The van der Waals surface area contributed by atoms with Crippen LogP contribution in [0.1, 0.15) is 23.2 Å². The van der Waals surface area contributed by atoms with Crippen molar-refractivity contribution in [1.82, 2.24) is 35.0 Å². The van der Waals surface area contributed by atoms with E-state index in [1.807, 2.05) is 0 Å². The van der Waals surface area contributed by atoms with Gasteiger partial charge in [-0.3, -0.25) is 14.2 Å². The third-order valence-electron chi connectivity index (χ3n) is 6.45. The van der Waals surface area contributed by atoms with Crippen molar-refractivity contribution < 1.29 is 40.4 Å². The Bertz CT molecular complexity index is 1930. The average Bonchev–Trinajstić information content (AvgIpc) is 3.68. The van der Waals surface area contributed by atoms with Gasteiger partial charge < -0.3 is 10.2 Å². The van der Waals surface area contributed by atoms with Gasteiger partial charge in [0.1, 0.15) is 28.6 Å². The average molecular weight is 593 g/mol. The van der Waals surface area contributed by atoms with Gasteiger partial charge in [0.05, 0.1) is 5.39 Å². The van der Waals surface area contributed by atoms with E-state index in [4.69, 9.17) is 4.84 Å². The standard InChI is InChI=1S/C25H14F7N7O3/c26-11-6-14(27)18(15(28)7-11)38-9-13(23(41)34-20(10-3-4-10)25(30,31)32)19(40)12-8-16(29)24(35-21(12)38)42-39-22-17(36-37-39)2-1-5-33-22/h1-2,5-10,20H,3-4H2,(H,34,41)/t20-/m0/s1. The highest BCUT2D eigenvalue weighted by Gasteiger charge is 2.50. The summed E-state index contributed by atoms with van der Waals surface area (Å²) in [6.07, 6.45) is -2.63. The molecule has 216 valence electrons. The van der Waals surface area contributed by atoms with Crippen LogP contribution in [0.15, 0.2) is 47.5 Å². The minimum Gasteiger partial charge on any atom is -0.340 e. The first-order valence-corrected chi connectivity index (χ1v) is 12.1. The van der Waals surface area contributed by atoms with Crippen molar-refractivity contribution in [1.29, 1.82) is 0 Å². The molecule has 4 heterocycles. The zero-order valence-electron chi connectivity index (χ0n) is 20.7. The number of carbonyl (C=O) groups excluding carboxylic acids is 1. The van der Waals surface area contributed by atoms with E-state index in [1.54, 1.807) is 5.32 Å². The maximum Gasteiger partial charge on any atom is 0.408 e. The second-order valence-electron chi connectivity index (χ2n) is 9.34. The molecule has 0 bridgehead atoms. The number of pyridine rings is 3. The lowest BCUT2D eigenvalue weighted by Gasteiger charge is -2.21. The largest absolute Gasteiger partial charge is 0.408 e. The first-order valence-electron chi connectivity index (χ1n) is 12.1. The highest BCUT2D eigenvalue weighted by atomic mass is 19.4. The Morgan fingerprint density at radius 2 is 1.76 bits per heavy atom. The summed E-state index contributed by atoms with van der Waals surface area (Å²) >= 11 is 0. The second kappa shape index (κ2) is 9.78. The van der Waals surface area contributed by atoms with Crippen LogP contribution < -0.4 is 15.6 Å². The Labute approximate surface area is 228 Å². The molecule has 1 amide bonds. The van der Waals surface area contributed by atoms with Gasteiger partial charge in [-0.2, -0.15) is 18.2 Å². The predicted octanol–water partition coefficient (Wildman–Crippen LogP) is 3.99. The fraction of sp³-hybridized carbons (Fsp3) is 0.200. The van der Waals surface area contributed by atoms with Crippen LogP contribution in [0, 0.1) is 29.2 Å². The van der Waals surface area contributed by atoms with Crippen LogP contribution in [-0.2, 0) is 0 Å². The summed E-state index contributed by atoms with van der Waals surface area (Å²) in [5, 5.41) is 8.40. The maximum absolute atomic E-state index is 15.2. The Balaban J connectivity index is 1.54. The first-order chi connectivity index (χ1) is 19.9. The van der Waals surface area contributed by atoms with Gasteiger partial charge in [0.25, 0.3) is 11.8 Å². The van der Waals surface area contributed by atoms with Gasteiger partial charge in [-0.1, -0.05) is 4.85 Å². The van der Waals surface area contributed by atoms with Crippen LogP contribution in [0.3, 0.4) is 0 Å². The van der Waals surface area contributed by atoms with E-state index < -0.39 is 80.9 Å². The summed E-state index contributed by atoms with van der Waals surface area (Å²) < 4.78 is 99.8. The topological polar surface area (TPSA) is 117 Å². The van der Waals surface area contributed by atoms with Crippen LogP contribution in [0.4, 0.5) is 30.7 Å². The molecular weight excluding hydrogens is 579 g/mol. The summed E-state index contributed by atoms with van der Waals surface area (Å²) in [6, 6.07) is 1.82. The highest BCUT2D eigenvalue weighted by molar-refractivity contribution is 5.97. The monoisotopic (exact) mass is 593 g/mol. The molecular formula is C25H14F7N7O3. The van der Waals surface area contributed by atoms with Crippen LogP contribution in [0.2, 0.25) is 0 Å². The number of fused-ring (bicyclic) bond motifs is 2. The first kappa shape index (κ1) is 27.1. The number of nitrogens with one attached hydrogen (secondary N) is 1. The second-order valence-corrected chi connectivity index (χ2v) is 9.34. The lowest BCUT2D eigenvalue weighted by atomic mass is 10.1. The van der Waals surface area contributed by atoms with Gasteiger partial charge in [-0.15, -0.1) is 5.10 Å². The molecule has 1 atom stereocenters. The van der Waals surface area contributed by atoms with Crippen molar-refractivity contribution >= 4 is 28.1 Å². The molecule has 1 aliphatic carbocycles. The molecule has 42 heavy (non-hydrogen) atoms. The number of rotatable bonds is 6. The summed E-state index contributed by atoms with van der Waals surface area (Å²) in [6.45, 7) is 0. The number of hydrogen-bond acceptors (Lipinski definition) is 7. The Morgan fingerprint density at radius 1 is 1.05 bits per heavy atom. The number of aromatic nitrogens is 6. The number of halogens is 7. The molecule has 4 aromatic heterocycles. The molecule has 17 heteroatoms. The number of benzene rings is 1. The molecule has 1 N–H and O–H groups in total. The van der Waals surface area contributed by atoms with E-state index in [-0.39, 0.29) is 36.1 Å². The Morgan fingerprint density at radius 3 is 2.43 bits per heavy atom. The van der Waals surface area contributed by atoms with E-state index in [2.05, 4.69) is 20.3 Å². The zero-order chi connectivity index (χ0) is 29.9. The van der Waals surface area contributed by atoms with Crippen LogP contribution in [0.25, 0.3) is 27.9 Å². The van der Waals surface area contributed by atoms with Crippen molar-refractivity contribution in [3.05, 3.63) is 81.8 Å². The summed E-state index contributed by atoms with van der Waals surface area (Å²) in [5.41, 5.74) is -3.81. The fourth-order valence-electron chi connectivity index (χ4n) is 4.37. The van der Waals surface area contributed by atoms with Gasteiger partial charge in [0.2, 0.25) is 11.1 Å². The molecule has 0 saturated heterocycles. The molecule has 1 fully saturated rings. The van der Waals surface area contributed by atoms with E-state index in [0.29, 0.717) is 21.7 Å². The lowest BCUT2D eigenvalue weighted by Crippen LogP contribution is -2.48. The minimum absolute atomic E-state index is 0.0220. The molecule has 5 aromatic rings. The van der Waals surface area contributed by atoms with Crippen molar-refractivity contribution in [3.63, 3.8) is 0 Å². The molecule has 10 nitrogen and oxygen atoms in total. The molecule has 0 spiro atoms. The molecule has 1 saturated carbocycles. The molecule has 0 radical (unpaired) electrons. The molecule has 0 unspecified atom stereocenters. The quantitative estimate of drug-likeness (QED) is 0.296. The SMILES string of the molecule is O=C(N[C@@H](C1CC1)C(F)(F)F)c1cn(-c2c(F)cc(F)cc2F)c2nc(On3nnc4cccnc43)c(F)cc2c1=O. The molecule has 0 aliphatic heterocycles. The number of alkyl halides is 3. The van der Waals surface area contributed by atoms with E-state index in [1.165, 1.54) is 18.3 Å².